The Morgan fingerprint density at radius 2 is 1.84 bits per heavy atom. The van der Waals surface area contributed by atoms with Crippen LogP contribution in [0.3, 0.4) is 0 Å². The summed E-state index contributed by atoms with van der Waals surface area (Å²) in [6, 6.07) is 15.9. The lowest BCUT2D eigenvalue weighted by Crippen LogP contribution is -2.45. The van der Waals surface area contributed by atoms with Gasteiger partial charge < -0.3 is 14.4 Å². The molecule has 0 atom stereocenters. The minimum absolute atomic E-state index is 0.0320. The molecule has 0 radical (unpaired) electrons. The molecular formula is C26H33N3O3. The maximum atomic E-state index is 13.1. The Labute approximate surface area is 191 Å². The zero-order valence-corrected chi connectivity index (χ0v) is 19.3. The SMILES string of the molecule is CCOc1ccccc1OC1CCN(CC(=O)N(CCC#N)c2ccc(C)c(C)c2)CC1. The summed E-state index contributed by atoms with van der Waals surface area (Å²) < 4.78 is 11.9. The minimum atomic E-state index is 0.0320. The zero-order chi connectivity index (χ0) is 22.9. The topological polar surface area (TPSA) is 65.8 Å². The lowest BCUT2D eigenvalue weighted by Gasteiger charge is -2.33. The van der Waals surface area contributed by atoms with Crippen molar-refractivity contribution in [1.82, 2.24) is 4.90 Å². The number of carbonyl (C=O) groups is 1. The monoisotopic (exact) mass is 435 g/mol. The molecule has 170 valence electrons. The van der Waals surface area contributed by atoms with Gasteiger partial charge >= 0.3 is 0 Å². The third-order valence-corrected chi connectivity index (χ3v) is 5.89. The van der Waals surface area contributed by atoms with Gasteiger partial charge in [-0.2, -0.15) is 5.26 Å². The number of ether oxygens (including phenoxy) is 2. The van der Waals surface area contributed by atoms with E-state index in [4.69, 9.17) is 14.7 Å². The largest absolute Gasteiger partial charge is 0.490 e. The summed E-state index contributed by atoms with van der Waals surface area (Å²) in [6.45, 7) is 9.01. The Hall–Kier alpha value is -3.04. The fraction of sp³-hybridized carbons (Fsp3) is 0.462. The van der Waals surface area contributed by atoms with Crippen molar-refractivity contribution in [2.24, 2.45) is 0 Å². The van der Waals surface area contributed by atoms with Crippen molar-refractivity contribution in [3.8, 4) is 17.6 Å². The van der Waals surface area contributed by atoms with Crippen LogP contribution in [-0.2, 0) is 4.79 Å². The number of hydrogen-bond acceptors (Lipinski definition) is 5. The molecule has 0 N–H and O–H groups in total. The summed E-state index contributed by atoms with van der Waals surface area (Å²) in [4.78, 5) is 17.1. The molecule has 32 heavy (non-hydrogen) atoms. The summed E-state index contributed by atoms with van der Waals surface area (Å²) in [5.41, 5.74) is 3.19. The summed E-state index contributed by atoms with van der Waals surface area (Å²) >= 11 is 0. The molecule has 0 unspecified atom stereocenters. The molecule has 1 aliphatic heterocycles. The number of aryl methyl sites for hydroxylation is 2. The number of likely N-dealkylation sites (tertiary alicyclic amines) is 1. The van der Waals surface area contributed by atoms with Crippen LogP contribution in [0.5, 0.6) is 11.5 Å². The number of amides is 1. The molecule has 6 nitrogen and oxygen atoms in total. The molecule has 1 saturated heterocycles. The molecule has 0 bridgehead atoms. The smallest absolute Gasteiger partial charge is 0.241 e. The second-order valence-corrected chi connectivity index (χ2v) is 8.20. The van der Waals surface area contributed by atoms with Crippen LogP contribution in [0, 0.1) is 25.2 Å². The first-order chi connectivity index (χ1) is 15.5. The second kappa shape index (κ2) is 11.5. The van der Waals surface area contributed by atoms with Crippen molar-refractivity contribution in [2.75, 3.05) is 37.7 Å². The van der Waals surface area contributed by atoms with Crippen molar-refractivity contribution in [3.05, 3.63) is 53.6 Å². The standard InChI is InChI=1S/C26H33N3O3/c1-4-31-24-8-5-6-9-25(24)32-23-12-16-28(17-13-23)19-26(30)29(15-7-14-27)22-11-10-20(2)21(3)18-22/h5-6,8-11,18,23H,4,7,12-13,15-17,19H2,1-3H3. The van der Waals surface area contributed by atoms with Crippen LogP contribution in [0.25, 0.3) is 0 Å². The number of nitrogens with zero attached hydrogens (tertiary/aromatic N) is 3. The molecule has 2 aromatic carbocycles. The lowest BCUT2D eigenvalue weighted by atomic mass is 10.1. The fourth-order valence-electron chi connectivity index (χ4n) is 3.92. The first-order valence-electron chi connectivity index (χ1n) is 11.4. The van der Waals surface area contributed by atoms with Gasteiger partial charge in [-0.05, 0) is 69.0 Å². The van der Waals surface area contributed by atoms with E-state index in [1.54, 1.807) is 4.90 Å². The molecule has 1 amide bonds. The van der Waals surface area contributed by atoms with Gasteiger partial charge in [-0.3, -0.25) is 9.69 Å². The van der Waals surface area contributed by atoms with Crippen LogP contribution in [0.15, 0.2) is 42.5 Å². The summed E-state index contributed by atoms with van der Waals surface area (Å²) in [6.07, 6.45) is 2.14. The molecule has 6 heteroatoms. The van der Waals surface area contributed by atoms with Gasteiger partial charge in [0.25, 0.3) is 0 Å². The highest BCUT2D eigenvalue weighted by molar-refractivity contribution is 5.95. The van der Waals surface area contributed by atoms with Crippen LogP contribution in [0.2, 0.25) is 0 Å². The summed E-state index contributed by atoms with van der Waals surface area (Å²) in [7, 11) is 0. The first kappa shape index (κ1) is 23.6. The number of para-hydroxylation sites is 2. The molecule has 0 saturated carbocycles. The molecule has 3 rings (SSSR count). The number of piperidine rings is 1. The number of rotatable bonds is 9. The summed E-state index contributed by atoms with van der Waals surface area (Å²) in [5, 5.41) is 9.05. The van der Waals surface area contributed by atoms with E-state index >= 15 is 0 Å². The predicted molar refractivity (Wildman–Crippen MR) is 126 cm³/mol. The molecule has 0 aliphatic carbocycles. The highest BCUT2D eigenvalue weighted by Crippen LogP contribution is 2.29. The number of hydrogen-bond donors (Lipinski definition) is 0. The van der Waals surface area contributed by atoms with Crippen molar-refractivity contribution in [3.63, 3.8) is 0 Å². The lowest BCUT2D eigenvalue weighted by molar-refractivity contribution is -0.120. The third-order valence-electron chi connectivity index (χ3n) is 5.89. The molecule has 1 heterocycles. The minimum Gasteiger partial charge on any atom is -0.490 e. The van der Waals surface area contributed by atoms with E-state index in [-0.39, 0.29) is 12.0 Å². The van der Waals surface area contributed by atoms with Gasteiger partial charge in [0.1, 0.15) is 6.10 Å². The number of anilines is 1. The Morgan fingerprint density at radius 1 is 1.12 bits per heavy atom. The maximum absolute atomic E-state index is 13.1. The van der Waals surface area contributed by atoms with Crippen molar-refractivity contribution >= 4 is 11.6 Å². The molecular weight excluding hydrogens is 402 g/mol. The number of carbonyl (C=O) groups excluding carboxylic acids is 1. The van der Waals surface area contributed by atoms with E-state index in [0.29, 0.717) is 26.1 Å². The average molecular weight is 436 g/mol. The third kappa shape index (κ3) is 6.24. The van der Waals surface area contributed by atoms with Gasteiger partial charge in [0, 0.05) is 25.3 Å². The van der Waals surface area contributed by atoms with Gasteiger partial charge in [0.05, 0.1) is 25.6 Å². The Balaban J connectivity index is 1.57. The molecule has 0 spiro atoms. The molecule has 0 aromatic heterocycles. The van der Waals surface area contributed by atoms with E-state index < -0.39 is 0 Å². The van der Waals surface area contributed by atoms with Gasteiger partial charge in [0.15, 0.2) is 11.5 Å². The number of benzene rings is 2. The van der Waals surface area contributed by atoms with E-state index in [1.807, 2.05) is 56.3 Å². The van der Waals surface area contributed by atoms with Crippen LogP contribution in [0.4, 0.5) is 5.69 Å². The van der Waals surface area contributed by atoms with Gasteiger partial charge in [-0.1, -0.05) is 18.2 Å². The first-order valence-corrected chi connectivity index (χ1v) is 11.4. The quantitative estimate of drug-likeness (QED) is 0.581. The fourth-order valence-corrected chi connectivity index (χ4v) is 3.92. The maximum Gasteiger partial charge on any atom is 0.241 e. The molecule has 1 fully saturated rings. The van der Waals surface area contributed by atoms with Crippen molar-refractivity contribution in [2.45, 2.75) is 46.1 Å². The van der Waals surface area contributed by atoms with Crippen LogP contribution in [0.1, 0.15) is 37.3 Å². The predicted octanol–water partition coefficient (Wildman–Crippen LogP) is 4.49. The Morgan fingerprint density at radius 3 is 2.50 bits per heavy atom. The summed E-state index contributed by atoms with van der Waals surface area (Å²) in [5.74, 6) is 1.58. The van der Waals surface area contributed by atoms with Crippen LogP contribution in [-0.4, -0.2) is 49.7 Å². The Kier molecular flexibility index (Phi) is 8.52. The normalized spacial score (nSPS) is 14.6. The highest BCUT2D eigenvalue weighted by Gasteiger charge is 2.25. The van der Waals surface area contributed by atoms with E-state index in [1.165, 1.54) is 5.56 Å². The van der Waals surface area contributed by atoms with Crippen LogP contribution >= 0.6 is 0 Å². The van der Waals surface area contributed by atoms with E-state index in [0.717, 1.165) is 48.7 Å². The molecule has 2 aromatic rings. The van der Waals surface area contributed by atoms with E-state index in [2.05, 4.69) is 17.9 Å². The van der Waals surface area contributed by atoms with Crippen LogP contribution < -0.4 is 14.4 Å². The van der Waals surface area contributed by atoms with Gasteiger partial charge in [0.2, 0.25) is 5.91 Å². The average Bonchev–Trinajstić information content (AvgIpc) is 2.79. The highest BCUT2D eigenvalue weighted by atomic mass is 16.5. The number of nitriles is 1. The van der Waals surface area contributed by atoms with E-state index in [9.17, 15) is 4.79 Å². The van der Waals surface area contributed by atoms with Gasteiger partial charge in [-0.15, -0.1) is 0 Å². The van der Waals surface area contributed by atoms with Crippen molar-refractivity contribution in [1.29, 1.82) is 5.26 Å². The second-order valence-electron chi connectivity index (χ2n) is 8.20. The Bertz CT molecular complexity index is 946. The van der Waals surface area contributed by atoms with Crippen molar-refractivity contribution < 1.29 is 14.3 Å². The molecule has 1 aliphatic rings. The van der Waals surface area contributed by atoms with Gasteiger partial charge in [-0.25, -0.2) is 0 Å². The zero-order valence-electron chi connectivity index (χ0n) is 19.3.